The third kappa shape index (κ3) is 7.05. The van der Waals surface area contributed by atoms with E-state index < -0.39 is 11.7 Å². The van der Waals surface area contributed by atoms with Crippen molar-refractivity contribution in [1.82, 2.24) is 9.80 Å². The van der Waals surface area contributed by atoms with Crippen molar-refractivity contribution in [1.29, 1.82) is 0 Å². The number of methoxy groups -OCH3 is 2. The molecule has 3 amide bonds. The molecule has 0 saturated carbocycles. The van der Waals surface area contributed by atoms with Crippen molar-refractivity contribution in [2.24, 2.45) is 5.92 Å². The van der Waals surface area contributed by atoms with Gasteiger partial charge in [-0.15, -0.1) is 0 Å². The van der Waals surface area contributed by atoms with Gasteiger partial charge in [-0.05, 0) is 43.3 Å². The molecule has 1 heterocycles. The van der Waals surface area contributed by atoms with Crippen LogP contribution in [-0.4, -0.2) is 87.2 Å². The van der Waals surface area contributed by atoms with E-state index in [1.54, 1.807) is 42.2 Å². The van der Waals surface area contributed by atoms with Crippen LogP contribution in [0.1, 0.15) is 34.6 Å². The predicted octanol–water partition coefficient (Wildman–Crippen LogP) is 3.06. The zero-order valence-corrected chi connectivity index (χ0v) is 21.8. The van der Waals surface area contributed by atoms with Crippen LogP contribution in [0.2, 0.25) is 0 Å². The molecule has 2 aromatic carbocycles. The minimum atomic E-state index is -0.440. The third-order valence-corrected chi connectivity index (χ3v) is 6.40. The van der Waals surface area contributed by atoms with Gasteiger partial charge in [0.25, 0.3) is 11.8 Å². The fourth-order valence-corrected chi connectivity index (χ4v) is 4.21. The van der Waals surface area contributed by atoms with E-state index in [0.29, 0.717) is 24.3 Å². The lowest BCUT2D eigenvalue weighted by atomic mass is 10.0. The molecule has 0 fully saturated rings. The van der Waals surface area contributed by atoms with Gasteiger partial charge in [0.2, 0.25) is 5.91 Å². The van der Waals surface area contributed by atoms with Gasteiger partial charge in [0.05, 0.1) is 17.7 Å². The number of fused-ring (bicyclic) bond motifs is 1. The molecular weight excluding hydrogens is 481 g/mol. The van der Waals surface area contributed by atoms with E-state index in [1.165, 1.54) is 31.4 Å². The largest absolute Gasteiger partial charge is 0.491 e. The third-order valence-electron chi connectivity index (χ3n) is 6.40. The average molecular weight is 516 g/mol. The first kappa shape index (κ1) is 28.1. The molecule has 3 atom stereocenters. The standard InChI is InChI=1S/C27H34FN3O6/c1-17-13-31(25(32)16-35-4)18(2)15-37-23-12-21(29-26(33)19-6-8-20(28)9-7-19)10-11-22(23)27(34)30(3)14-24(17)36-5/h6-12,17-18,24H,13-16H2,1-5H3,(H,29,33)/t17-,18-,24-/m0/s1. The molecule has 10 heteroatoms. The van der Waals surface area contributed by atoms with Crippen LogP contribution >= 0.6 is 0 Å². The summed E-state index contributed by atoms with van der Waals surface area (Å²) < 4.78 is 30.0. The van der Waals surface area contributed by atoms with Crippen molar-refractivity contribution in [2.75, 3.05) is 52.9 Å². The minimum Gasteiger partial charge on any atom is -0.491 e. The monoisotopic (exact) mass is 515 g/mol. The Kier molecular flexibility index (Phi) is 9.60. The second-order valence-electron chi connectivity index (χ2n) is 9.25. The summed E-state index contributed by atoms with van der Waals surface area (Å²) in [7, 11) is 4.73. The van der Waals surface area contributed by atoms with E-state index in [0.717, 1.165) is 0 Å². The first-order valence-corrected chi connectivity index (χ1v) is 12.0. The van der Waals surface area contributed by atoms with Gasteiger partial charge >= 0.3 is 0 Å². The maximum atomic E-state index is 13.3. The van der Waals surface area contributed by atoms with Gasteiger partial charge in [-0.2, -0.15) is 0 Å². The van der Waals surface area contributed by atoms with E-state index >= 15 is 0 Å². The highest BCUT2D eigenvalue weighted by Crippen LogP contribution is 2.27. The summed E-state index contributed by atoms with van der Waals surface area (Å²) in [5.74, 6) is -1.11. The summed E-state index contributed by atoms with van der Waals surface area (Å²) in [4.78, 5) is 42.0. The van der Waals surface area contributed by atoms with Crippen LogP contribution in [0.25, 0.3) is 0 Å². The van der Waals surface area contributed by atoms with Crippen LogP contribution < -0.4 is 10.1 Å². The summed E-state index contributed by atoms with van der Waals surface area (Å²) >= 11 is 0. The average Bonchev–Trinajstić information content (AvgIpc) is 2.88. The lowest BCUT2D eigenvalue weighted by Gasteiger charge is -2.36. The number of carbonyl (C=O) groups excluding carboxylic acids is 3. The second kappa shape index (κ2) is 12.6. The Morgan fingerprint density at radius 2 is 1.81 bits per heavy atom. The number of nitrogens with one attached hydrogen (secondary N) is 1. The van der Waals surface area contributed by atoms with Crippen LogP contribution in [0.4, 0.5) is 10.1 Å². The molecule has 2 aromatic rings. The van der Waals surface area contributed by atoms with E-state index in [9.17, 15) is 18.8 Å². The number of nitrogens with zero attached hydrogens (tertiary/aromatic N) is 2. The molecule has 0 radical (unpaired) electrons. The number of hydrogen-bond donors (Lipinski definition) is 1. The second-order valence-corrected chi connectivity index (χ2v) is 9.25. The van der Waals surface area contributed by atoms with Crippen LogP contribution in [0.3, 0.4) is 0 Å². The van der Waals surface area contributed by atoms with Crippen LogP contribution in [0.5, 0.6) is 5.75 Å². The first-order valence-electron chi connectivity index (χ1n) is 12.0. The summed E-state index contributed by atoms with van der Waals surface area (Å²) in [6, 6.07) is 9.61. The predicted molar refractivity (Wildman–Crippen MR) is 136 cm³/mol. The number of ether oxygens (including phenoxy) is 3. The number of benzene rings is 2. The highest BCUT2D eigenvalue weighted by atomic mass is 19.1. The SMILES string of the molecule is COCC(=O)N1C[C@H](C)[C@@H](OC)CN(C)C(=O)c2ccc(NC(=O)c3ccc(F)cc3)cc2OC[C@@H]1C. The molecule has 0 unspecified atom stereocenters. The maximum Gasteiger partial charge on any atom is 0.257 e. The van der Waals surface area contributed by atoms with Crippen molar-refractivity contribution in [3.63, 3.8) is 0 Å². The quantitative estimate of drug-likeness (QED) is 0.658. The van der Waals surface area contributed by atoms with Crippen molar-refractivity contribution in [3.8, 4) is 5.75 Å². The summed E-state index contributed by atoms with van der Waals surface area (Å²) in [6.07, 6.45) is -0.308. The first-order chi connectivity index (χ1) is 17.6. The van der Waals surface area contributed by atoms with Crippen LogP contribution in [-0.2, 0) is 14.3 Å². The minimum absolute atomic E-state index is 0.0635. The van der Waals surface area contributed by atoms with E-state index in [1.807, 2.05) is 13.8 Å². The van der Waals surface area contributed by atoms with E-state index in [2.05, 4.69) is 5.32 Å². The fourth-order valence-electron chi connectivity index (χ4n) is 4.21. The van der Waals surface area contributed by atoms with Crippen molar-refractivity contribution in [2.45, 2.75) is 26.0 Å². The van der Waals surface area contributed by atoms with Crippen LogP contribution in [0.15, 0.2) is 42.5 Å². The number of rotatable bonds is 5. The van der Waals surface area contributed by atoms with Crippen molar-refractivity contribution < 1.29 is 33.0 Å². The molecule has 0 bridgehead atoms. The van der Waals surface area contributed by atoms with Gasteiger partial charge in [0.1, 0.15) is 24.8 Å². The van der Waals surface area contributed by atoms with Crippen molar-refractivity contribution >= 4 is 23.4 Å². The number of carbonyl (C=O) groups is 3. The number of anilines is 1. The Bertz CT molecular complexity index is 1110. The smallest absolute Gasteiger partial charge is 0.257 e. The number of hydrogen-bond acceptors (Lipinski definition) is 6. The van der Waals surface area contributed by atoms with Crippen LogP contribution in [0, 0.1) is 11.7 Å². The molecule has 200 valence electrons. The molecule has 3 rings (SSSR count). The lowest BCUT2D eigenvalue weighted by Crippen LogP contribution is -2.49. The lowest BCUT2D eigenvalue weighted by molar-refractivity contribution is -0.139. The molecule has 0 aromatic heterocycles. The number of halogens is 1. The van der Waals surface area contributed by atoms with Gasteiger partial charge in [-0.1, -0.05) is 6.92 Å². The van der Waals surface area contributed by atoms with E-state index in [-0.39, 0.29) is 54.4 Å². The number of likely N-dealkylation sites (N-methyl/N-ethyl adjacent to an activating group) is 1. The topological polar surface area (TPSA) is 97.4 Å². The number of amides is 3. The molecule has 0 saturated heterocycles. The summed E-state index contributed by atoms with van der Waals surface area (Å²) in [5.41, 5.74) is 0.998. The Hall–Kier alpha value is -3.50. The summed E-state index contributed by atoms with van der Waals surface area (Å²) in [6.45, 7) is 4.58. The molecule has 0 aliphatic carbocycles. The molecule has 0 spiro atoms. The Labute approximate surface area is 216 Å². The zero-order chi connectivity index (χ0) is 27.1. The molecule has 1 aliphatic rings. The molecule has 37 heavy (non-hydrogen) atoms. The van der Waals surface area contributed by atoms with Gasteiger partial charge in [-0.3, -0.25) is 14.4 Å². The van der Waals surface area contributed by atoms with Gasteiger partial charge in [0, 0.05) is 57.6 Å². The van der Waals surface area contributed by atoms with Gasteiger partial charge in [-0.25, -0.2) is 4.39 Å². The Morgan fingerprint density at radius 3 is 2.46 bits per heavy atom. The molecule has 1 aliphatic heterocycles. The van der Waals surface area contributed by atoms with E-state index in [4.69, 9.17) is 14.2 Å². The Balaban J connectivity index is 1.93. The van der Waals surface area contributed by atoms with Gasteiger partial charge in [0.15, 0.2) is 0 Å². The fraction of sp³-hybridized carbons (Fsp3) is 0.444. The molecular formula is C27H34FN3O6. The maximum absolute atomic E-state index is 13.3. The highest BCUT2D eigenvalue weighted by Gasteiger charge is 2.30. The van der Waals surface area contributed by atoms with Crippen molar-refractivity contribution in [3.05, 3.63) is 59.4 Å². The molecule has 1 N–H and O–H groups in total. The molecule has 9 nitrogen and oxygen atoms in total. The highest BCUT2D eigenvalue weighted by molar-refractivity contribution is 6.05. The summed E-state index contributed by atoms with van der Waals surface area (Å²) in [5, 5.41) is 2.75. The Morgan fingerprint density at radius 1 is 1.11 bits per heavy atom. The van der Waals surface area contributed by atoms with Gasteiger partial charge < -0.3 is 29.3 Å². The zero-order valence-electron chi connectivity index (χ0n) is 21.8. The normalized spacial score (nSPS) is 20.8.